The molecule has 0 aliphatic heterocycles. The third-order valence-corrected chi connectivity index (χ3v) is 2.92. The predicted molar refractivity (Wildman–Crippen MR) is 54.9 cm³/mol. The van der Waals surface area contributed by atoms with Crippen LogP contribution in [-0.4, -0.2) is 21.5 Å². The van der Waals surface area contributed by atoms with Crippen molar-refractivity contribution in [2.45, 2.75) is 44.6 Å². The Morgan fingerprint density at radius 2 is 2.21 bits per heavy atom. The van der Waals surface area contributed by atoms with Crippen molar-refractivity contribution in [3.63, 3.8) is 0 Å². The fourth-order valence-corrected chi connectivity index (χ4v) is 2.08. The summed E-state index contributed by atoms with van der Waals surface area (Å²) in [5.41, 5.74) is 6.62. The van der Waals surface area contributed by atoms with Gasteiger partial charge in [0.25, 0.3) is 0 Å². The molecule has 1 aromatic rings. The summed E-state index contributed by atoms with van der Waals surface area (Å²) >= 11 is 0. The monoisotopic (exact) mass is 194 g/mol. The summed E-state index contributed by atoms with van der Waals surface area (Å²) in [6.07, 6.45) is 8.34. The van der Waals surface area contributed by atoms with Gasteiger partial charge < -0.3 is 5.73 Å². The van der Waals surface area contributed by atoms with Gasteiger partial charge >= 0.3 is 0 Å². The molecule has 0 bridgehead atoms. The lowest BCUT2D eigenvalue weighted by molar-refractivity contribution is 0.564. The zero-order valence-electron chi connectivity index (χ0n) is 8.52. The molecule has 2 N–H and O–H groups in total. The average Bonchev–Trinajstić information content (AvgIpc) is 2.85. The third kappa shape index (κ3) is 2.12. The third-order valence-electron chi connectivity index (χ3n) is 2.92. The Balaban J connectivity index is 1.94. The molecule has 0 atom stereocenters. The first-order valence-corrected chi connectivity index (χ1v) is 5.50. The molecule has 1 fully saturated rings. The molecule has 0 radical (unpaired) electrons. The van der Waals surface area contributed by atoms with E-state index in [9.17, 15) is 0 Å². The number of aryl methyl sites for hydroxylation is 1. The van der Waals surface area contributed by atoms with Gasteiger partial charge in [0.15, 0.2) is 0 Å². The Morgan fingerprint density at radius 3 is 2.93 bits per heavy atom. The Hall–Kier alpha value is -0.900. The minimum absolute atomic E-state index is 0.668. The van der Waals surface area contributed by atoms with Gasteiger partial charge in [-0.05, 0) is 25.8 Å². The topological polar surface area (TPSA) is 56.7 Å². The molecule has 0 amide bonds. The van der Waals surface area contributed by atoms with Gasteiger partial charge in [0, 0.05) is 18.7 Å². The van der Waals surface area contributed by atoms with Crippen LogP contribution in [0.3, 0.4) is 0 Å². The highest BCUT2D eigenvalue weighted by Gasteiger charge is 2.19. The number of hydrogen-bond acceptors (Lipinski definition) is 3. The summed E-state index contributed by atoms with van der Waals surface area (Å²) < 4.78 is 1.92. The summed E-state index contributed by atoms with van der Waals surface area (Å²) in [4.78, 5) is 0. The van der Waals surface area contributed by atoms with E-state index in [0.29, 0.717) is 5.92 Å². The first-order valence-electron chi connectivity index (χ1n) is 5.50. The maximum atomic E-state index is 5.44. The molecular formula is C10H18N4. The molecule has 0 spiro atoms. The van der Waals surface area contributed by atoms with E-state index in [-0.39, 0.29) is 0 Å². The van der Waals surface area contributed by atoms with Crippen molar-refractivity contribution in [3.05, 3.63) is 11.9 Å². The second-order valence-corrected chi connectivity index (χ2v) is 4.03. The highest BCUT2D eigenvalue weighted by Crippen LogP contribution is 2.32. The molecule has 1 aliphatic carbocycles. The van der Waals surface area contributed by atoms with E-state index in [0.717, 1.165) is 19.5 Å². The summed E-state index contributed by atoms with van der Waals surface area (Å²) in [6, 6.07) is 0. The zero-order chi connectivity index (χ0) is 9.80. The van der Waals surface area contributed by atoms with E-state index in [1.807, 2.05) is 4.68 Å². The van der Waals surface area contributed by atoms with Crippen molar-refractivity contribution >= 4 is 0 Å². The van der Waals surface area contributed by atoms with Crippen LogP contribution in [0.25, 0.3) is 0 Å². The molecular weight excluding hydrogens is 176 g/mol. The molecule has 1 saturated carbocycles. The van der Waals surface area contributed by atoms with Crippen LogP contribution in [0.4, 0.5) is 0 Å². The second-order valence-electron chi connectivity index (χ2n) is 4.03. The van der Waals surface area contributed by atoms with Crippen LogP contribution in [0.2, 0.25) is 0 Å². The fourth-order valence-electron chi connectivity index (χ4n) is 2.08. The first kappa shape index (κ1) is 9.65. The first-order chi connectivity index (χ1) is 6.90. The lowest BCUT2D eigenvalue weighted by atomic mass is 10.1. The molecule has 2 rings (SSSR count). The minimum Gasteiger partial charge on any atom is -0.330 e. The number of nitrogens with zero attached hydrogens (tertiary/aromatic N) is 3. The Morgan fingerprint density at radius 1 is 1.43 bits per heavy atom. The lowest BCUT2D eigenvalue weighted by Gasteiger charge is -2.01. The maximum absolute atomic E-state index is 5.44. The summed E-state index contributed by atoms with van der Waals surface area (Å²) in [6.45, 7) is 1.62. The molecule has 4 nitrogen and oxygen atoms in total. The van der Waals surface area contributed by atoms with Crippen molar-refractivity contribution in [3.8, 4) is 0 Å². The van der Waals surface area contributed by atoms with Gasteiger partial charge in [-0.2, -0.15) is 0 Å². The Bertz CT molecular complexity index is 275. The second kappa shape index (κ2) is 4.55. The van der Waals surface area contributed by atoms with E-state index in [4.69, 9.17) is 5.73 Å². The van der Waals surface area contributed by atoms with Gasteiger partial charge in [0.05, 0.1) is 5.69 Å². The highest BCUT2D eigenvalue weighted by molar-refractivity contribution is 5.03. The van der Waals surface area contributed by atoms with E-state index in [1.54, 1.807) is 0 Å². The molecule has 1 aromatic heterocycles. The lowest BCUT2D eigenvalue weighted by Crippen LogP contribution is -2.06. The molecule has 14 heavy (non-hydrogen) atoms. The van der Waals surface area contributed by atoms with Gasteiger partial charge in [0.1, 0.15) is 0 Å². The molecule has 4 heteroatoms. The van der Waals surface area contributed by atoms with Crippen LogP contribution in [0.1, 0.15) is 43.7 Å². The SMILES string of the molecule is NCCCn1cc(C2CCCC2)nn1. The average molecular weight is 194 g/mol. The molecule has 0 unspecified atom stereocenters. The van der Waals surface area contributed by atoms with E-state index >= 15 is 0 Å². The molecule has 1 heterocycles. The maximum Gasteiger partial charge on any atom is 0.0857 e. The number of nitrogens with two attached hydrogens (primary N) is 1. The van der Waals surface area contributed by atoms with E-state index < -0.39 is 0 Å². The highest BCUT2D eigenvalue weighted by atomic mass is 15.4. The standard InChI is InChI=1S/C10H18N4/c11-6-3-7-14-8-10(12-13-14)9-4-1-2-5-9/h8-9H,1-7,11H2. The smallest absolute Gasteiger partial charge is 0.0857 e. The molecule has 0 aromatic carbocycles. The van der Waals surface area contributed by atoms with E-state index in [2.05, 4.69) is 16.5 Å². The van der Waals surface area contributed by atoms with Crippen LogP contribution in [0.5, 0.6) is 0 Å². The van der Waals surface area contributed by atoms with Crippen LogP contribution in [-0.2, 0) is 6.54 Å². The minimum atomic E-state index is 0.668. The Labute approximate surface area is 84.5 Å². The largest absolute Gasteiger partial charge is 0.330 e. The fraction of sp³-hybridized carbons (Fsp3) is 0.800. The van der Waals surface area contributed by atoms with Gasteiger partial charge in [-0.25, -0.2) is 0 Å². The molecule has 0 saturated heterocycles. The number of hydrogen-bond donors (Lipinski definition) is 1. The van der Waals surface area contributed by atoms with Crippen LogP contribution < -0.4 is 5.73 Å². The normalized spacial score (nSPS) is 17.8. The van der Waals surface area contributed by atoms with Crippen molar-refractivity contribution in [1.82, 2.24) is 15.0 Å². The Kier molecular flexibility index (Phi) is 3.14. The quantitative estimate of drug-likeness (QED) is 0.785. The zero-order valence-corrected chi connectivity index (χ0v) is 8.52. The van der Waals surface area contributed by atoms with Crippen molar-refractivity contribution in [1.29, 1.82) is 0 Å². The van der Waals surface area contributed by atoms with Crippen molar-refractivity contribution < 1.29 is 0 Å². The molecule has 78 valence electrons. The number of aromatic nitrogens is 3. The van der Waals surface area contributed by atoms with Crippen molar-refractivity contribution in [2.24, 2.45) is 5.73 Å². The van der Waals surface area contributed by atoms with Gasteiger partial charge in [-0.1, -0.05) is 18.1 Å². The summed E-state index contributed by atoms with van der Waals surface area (Å²) in [7, 11) is 0. The van der Waals surface area contributed by atoms with Gasteiger partial charge in [-0.3, -0.25) is 4.68 Å². The van der Waals surface area contributed by atoms with Crippen LogP contribution in [0.15, 0.2) is 6.20 Å². The van der Waals surface area contributed by atoms with Gasteiger partial charge in [-0.15, -0.1) is 5.10 Å². The van der Waals surface area contributed by atoms with Gasteiger partial charge in [0.2, 0.25) is 0 Å². The summed E-state index contributed by atoms with van der Waals surface area (Å²) in [5, 5.41) is 8.33. The van der Waals surface area contributed by atoms with Crippen molar-refractivity contribution in [2.75, 3.05) is 6.54 Å². The van der Waals surface area contributed by atoms with E-state index in [1.165, 1.54) is 31.4 Å². The predicted octanol–water partition coefficient (Wildman–Crippen LogP) is 1.28. The summed E-state index contributed by atoms with van der Waals surface area (Å²) in [5.74, 6) is 0.668. The molecule has 1 aliphatic rings. The number of rotatable bonds is 4. The van der Waals surface area contributed by atoms with Crippen LogP contribution >= 0.6 is 0 Å². The van der Waals surface area contributed by atoms with Crippen LogP contribution in [0, 0.1) is 0 Å².